The van der Waals surface area contributed by atoms with Gasteiger partial charge in [-0.1, -0.05) is 29.3 Å². The van der Waals surface area contributed by atoms with Crippen LogP contribution in [-0.4, -0.2) is 16.8 Å². The molecule has 0 spiro atoms. The van der Waals surface area contributed by atoms with E-state index >= 15 is 0 Å². The Labute approximate surface area is 124 Å². The Balaban J connectivity index is 2.03. The molecular weight excluding hydrogens is 301 g/mol. The maximum atomic E-state index is 11.7. The number of amides is 2. The Hall–Kier alpha value is -2.11. The van der Waals surface area contributed by atoms with E-state index in [0.717, 1.165) is 0 Å². The van der Waals surface area contributed by atoms with Gasteiger partial charge in [0.1, 0.15) is 5.82 Å². The van der Waals surface area contributed by atoms with Crippen LogP contribution in [0.3, 0.4) is 0 Å². The molecule has 1 aromatic heterocycles. The van der Waals surface area contributed by atoms with E-state index in [-0.39, 0.29) is 10.8 Å². The highest BCUT2D eigenvalue weighted by Gasteiger charge is 2.15. The monoisotopic (exact) mass is 309 g/mol. The zero-order valence-electron chi connectivity index (χ0n) is 10.1. The average Bonchev–Trinajstić information content (AvgIpc) is 2.43. The minimum atomic E-state index is -0.847. The van der Waals surface area contributed by atoms with Crippen molar-refractivity contribution in [1.82, 2.24) is 4.98 Å². The van der Waals surface area contributed by atoms with Crippen molar-refractivity contribution in [3.63, 3.8) is 0 Å². The van der Waals surface area contributed by atoms with Crippen molar-refractivity contribution in [3.05, 3.63) is 52.6 Å². The van der Waals surface area contributed by atoms with Crippen LogP contribution in [-0.2, 0) is 9.59 Å². The molecule has 1 heterocycles. The number of carbonyl (C=O) groups is 2. The van der Waals surface area contributed by atoms with Gasteiger partial charge >= 0.3 is 11.8 Å². The van der Waals surface area contributed by atoms with Gasteiger partial charge in [0.25, 0.3) is 0 Å². The number of aromatic nitrogens is 1. The molecule has 2 rings (SSSR count). The standard InChI is InChI=1S/C13H9Cl2N3O2/c14-8-4-5-10(9(15)7-8)17-12(19)13(20)18-11-3-1-2-6-16-11/h1-7H,(H,17,19)(H,16,18,20). The topological polar surface area (TPSA) is 71.1 Å². The van der Waals surface area contributed by atoms with Gasteiger partial charge in [-0.05, 0) is 30.3 Å². The lowest BCUT2D eigenvalue weighted by Gasteiger charge is -2.07. The molecule has 0 saturated carbocycles. The van der Waals surface area contributed by atoms with Gasteiger partial charge in [0.2, 0.25) is 0 Å². The van der Waals surface area contributed by atoms with Crippen LogP contribution in [0.25, 0.3) is 0 Å². The number of carbonyl (C=O) groups excluding carboxylic acids is 2. The van der Waals surface area contributed by atoms with E-state index in [2.05, 4.69) is 15.6 Å². The summed E-state index contributed by atoms with van der Waals surface area (Å²) in [6, 6.07) is 9.49. The number of pyridine rings is 1. The summed E-state index contributed by atoms with van der Waals surface area (Å²) in [7, 11) is 0. The zero-order valence-corrected chi connectivity index (χ0v) is 11.6. The molecule has 0 radical (unpaired) electrons. The quantitative estimate of drug-likeness (QED) is 0.838. The molecular formula is C13H9Cl2N3O2. The number of hydrogen-bond donors (Lipinski definition) is 2. The van der Waals surface area contributed by atoms with Crippen LogP contribution in [0.2, 0.25) is 10.0 Å². The average molecular weight is 310 g/mol. The van der Waals surface area contributed by atoms with Crippen molar-refractivity contribution in [2.45, 2.75) is 0 Å². The third-order valence-corrected chi connectivity index (χ3v) is 2.84. The van der Waals surface area contributed by atoms with Crippen LogP contribution < -0.4 is 10.6 Å². The fourth-order valence-corrected chi connectivity index (χ4v) is 1.84. The first-order chi connectivity index (χ1) is 9.56. The highest BCUT2D eigenvalue weighted by Crippen LogP contribution is 2.25. The van der Waals surface area contributed by atoms with Gasteiger partial charge in [0.05, 0.1) is 10.7 Å². The van der Waals surface area contributed by atoms with Crippen molar-refractivity contribution in [1.29, 1.82) is 0 Å². The van der Waals surface area contributed by atoms with Gasteiger partial charge < -0.3 is 10.6 Å². The number of anilines is 2. The zero-order chi connectivity index (χ0) is 14.5. The molecule has 0 fully saturated rings. The molecule has 0 aliphatic rings. The Morgan fingerprint density at radius 3 is 2.40 bits per heavy atom. The fraction of sp³-hybridized carbons (Fsp3) is 0. The lowest BCUT2D eigenvalue weighted by molar-refractivity contribution is -0.133. The molecule has 0 bridgehead atoms. The number of benzene rings is 1. The van der Waals surface area contributed by atoms with Crippen molar-refractivity contribution < 1.29 is 9.59 Å². The molecule has 7 heteroatoms. The Morgan fingerprint density at radius 1 is 1.00 bits per heavy atom. The van der Waals surface area contributed by atoms with Crippen LogP contribution in [0.4, 0.5) is 11.5 Å². The van der Waals surface area contributed by atoms with E-state index in [1.807, 2.05) is 0 Å². The minimum Gasteiger partial charge on any atom is -0.316 e. The maximum absolute atomic E-state index is 11.7. The smallest absolute Gasteiger partial charge is 0.315 e. The number of nitrogens with zero attached hydrogens (tertiary/aromatic N) is 1. The van der Waals surface area contributed by atoms with Crippen LogP contribution in [0, 0.1) is 0 Å². The molecule has 2 N–H and O–H groups in total. The summed E-state index contributed by atoms with van der Waals surface area (Å²) in [6.07, 6.45) is 1.50. The summed E-state index contributed by atoms with van der Waals surface area (Å²) in [5.41, 5.74) is 0.303. The first-order valence-electron chi connectivity index (χ1n) is 5.54. The predicted octanol–water partition coefficient (Wildman–Crippen LogP) is 2.97. The minimum absolute atomic E-state index is 0.247. The first-order valence-corrected chi connectivity index (χ1v) is 6.30. The SMILES string of the molecule is O=C(Nc1ccccn1)C(=O)Nc1ccc(Cl)cc1Cl. The molecule has 2 amide bonds. The molecule has 1 aromatic carbocycles. The molecule has 0 aliphatic heterocycles. The molecule has 5 nitrogen and oxygen atoms in total. The lowest BCUT2D eigenvalue weighted by atomic mass is 10.3. The number of nitrogens with one attached hydrogen (secondary N) is 2. The van der Waals surface area contributed by atoms with E-state index < -0.39 is 11.8 Å². The predicted molar refractivity (Wildman–Crippen MR) is 78.0 cm³/mol. The van der Waals surface area contributed by atoms with Crippen LogP contribution >= 0.6 is 23.2 Å². The fourth-order valence-electron chi connectivity index (χ4n) is 1.38. The van der Waals surface area contributed by atoms with E-state index in [1.165, 1.54) is 18.3 Å². The van der Waals surface area contributed by atoms with Crippen LogP contribution in [0.5, 0.6) is 0 Å². The second kappa shape index (κ2) is 6.36. The summed E-state index contributed by atoms with van der Waals surface area (Å²) < 4.78 is 0. The Morgan fingerprint density at radius 2 is 1.75 bits per heavy atom. The molecule has 102 valence electrons. The van der Waals surface area contributed by atoms with Gasteiger partial charge in [0, 0.05) is 11.2 Å². The number of rotatable bonds is 2. The molecule has 0 saturated heterocycles. The Bertz CT molecular complexity index is 647. The second-order valence-electron chi connectivity index (χ2n) is 3.75. The van der Waals surface area contributed by atoms with Gasteiger partial charge in [-0.15, -0.1) is 0 Å². The summed E-state index contributed by atoms with van der Waals surface area (Å²) in [4.78, 5) is 27.3. The lowest BCUT2D eigenvalue weighted by Crippen LogP contribution is -2.29. The van der Waals surface area contributed by atoms with Crippen LogP contribution in [0.15, 0.2) is 42.6 Å². The summed E-state index contributed by atoms with van der Waals surface area (Å²) >= 11 is 11.6. The molecule has 2 aromatic rings. The normalized spacial score (nSPS) is 9.90. The van der Waals surface area contributed by atoms with Crippen molar-refractivity contribution in [2.24, 2.45) is 0 Å². The molecule has 20 heavy (non-hydrogen) atoms. The van der Waals surface area contributed by atoms with Crippen molar-refractivity contribution in [3.8, 4) is 0 Å². The summed E-state index contributed by atoms with van der Waals surface area (Å²) in [5.74, 6) is -1.40. The van der Waals surface area contributed by atoms with Gasteiger partial charge in [0.15, 0.2) is 0 Å². The maximum Gasteiger partial charge on any atom is 0.315 e. The molecule has 0 unspecified atom stereocenters. The van der Waals surface area contributed by atoms with Crippen molar-refractivity contribution >= 4 is 46.5 Å². The third kappa shape index (κ3) is 3.69. The second-order valence-corrected chi connectivity index (χ2v) is 4.59. The van der Waals surface area contributed by atoms with E-state index in [1.54, 1.807) is 24.3 Å². The number of hydrogen-bond acceptors (Lipinski definition) is 3. The number of halogens is 2. The van der Waals surface area contributed by atoms with E-state index in [9.17, 15) is 9.59 Å². The van der Waals surface area contributed by atoms with Gasteiger partial charge in [-0.3, -0.25) is 9.59 Å². The van der Waals surface area contributed by atoms with Gasteiger partial charge in [-0.25, -0.2) is 4.98 Å². The third-order valence-electron chi connectivity index (χ3n) is 2.29. The van der Waals surface area contributed by atoms with Gasteiger partial charge in [-0.2, -0.15) is 0 Å². The molecule has 0 aliphatic carbocycles. The van der Waals surface area contributed by atoms with Crippen molar-refractivity contribution in [2.75, 3.05) is 10.6 Å². The largest absolute Gasteiger partial charge is 0.316 e. The summed E-state index contributed by atoms with van der Waals surface area (Å²) in [6.45, 7) is 0. The van der Waals surface area contributed by atoms with E-state index in [0.29, 0.717) is 10.7 Å². The molecule has 0 atom stereocenters. The highest BCUT2D eigenvalue weighted by atomic mass is 35.5. The summed E-state index contributed by atoms with van der Waals surface area (Å²) in [5, 5.41) is 5.43. The first kappa shape index (κ1) is 14.3. The Kier molecular flexibility index (Phi) is 4.55. The van der Waals surface area contributed by atoms with E-state index in [4.69, 9.17) is 23.2 Å². The van der Waals surface area contributed by atoms with Crippen LogP contribution in [0.1, 0.15) is 0 Å². The highest BCUT2D eigenvalue weighted by molar-refractivity contribution is 6.45.